The van der Waals surface area contributed by atoms with Crippen molar-refractivity contribution >= 4 is 52.5 Å². The molecule has 12 heteroatoms. The number of sulfone groups is 1. The van der Waals surface area contributed by atoms with Crippen molar-refractivity contribution in [2.24, 2.45) is 0 Å². The molecule has 9 nitrogen and oxygen atoms in total. The first-order chi connectivity index (χ1) is 13.1. The normalized spacial score (nSPS) is 12.4. The maximum Gasteiger partial charge on any atom is 0.244 e. The van der Waals surface area contributed by atoms with E-state index in [-0.39, 0.29) is 14.9 Å². The molecule has 0 aliphatic heterocycles. The van der Waals surface area contributed by atoms with Gasteiger partial charge in [0.25, 0.3) is 0 Å². The number of sulfonamides is 1. The van der Waals surface area contributed by atoms with Crippen LogP contribution in [-0.4, -0.2) is 56.9 Å². The molecule has 0 saturated heterocycles. The van der Waals surface area contributed by atoms with E-state index in [2.05, 4.69) is 15.3 Å². The zero-order valence-corrected chi connectivity index (χ0v) is 17.3. The highest BCUT2D eigenvalue weighted by molar-refractivity contribution is 7.90. The molecular weight excluding hydrogens is 424 g/mol. The molecule has 1 amide bonds. The molecule has 0 unspecified atom stereocenters. The molecule has 0 aliphatic rings. The first-order valence-electron chi connectivity index (χ1n) is 7.84. The first kappa shape index (κ1) is 20.3. The van der Waals surface area contributed by atoms with Crippen molar-refractivity contribution in [2.75, 3.05) is 25.2 Å². The monoisotopic (exact) mass is 440 g/mol. The van der Waals surface area contributed by atoms with Gasteiger partial charge in [0, 0.05) is 25.7 Å². The molecule has 0 aliphatic carbocycles. The number of aromatic nitrogens is 2. The molecule has 0 atom stereocenters. The van der Waals surface area contributed by atoms with Crippen molar-refractivity contribution in [2.45, 2.75) is 9.79 Å². The van der Waals surface area contributed by atoms with Gasteiger partial charge < -0.3 is 5.32 Å². The highest BCUT2D eigenvalue weighted by Crippen LogP contribution is 2.28. The fraction of sp³-hybridized carbons (Fsp3) is 0.188. The van der Waals surface area contributed by atoms with Crippen LogP contribution in [0.5, 0.6) is 0 Å². The smallest absolute Gasteiger partial charge is 0.244 e. The number of pyridine rings is 1. The van der Waals surface area contributed by atoms with Crippen LogP contribution in [0.15, 0.2) is 52.5 Å². The Morgan fingerprint density at radius 3 is 2.57 bits per heavy atom. The van der Waals surface area contributed by atoms with E-state index in [1.54, 1.807) is 6.07 Å². The van der Waals surface area contributed by atoms with Crippen LogP contribution >= 0.6 is 11.3 Å². The third-order valence-corrected chi connectivity index (χ3v) is 7.57. The van der Waals surface area contributed by atoms with Gasteiger partial charge in [0.15, 0.2) is 15.0 Å². The van der Waals surface area contributed by atoms with E-state index in [1.165, 1.54) is 43.7 Å². The summed E-state index contributed by atoms with van der Waals surface area (Å²) >= 11 is 1.10. The van der Waals surface area contributed by atoms with Crippen molar-refractivity contribution in [3.63, 3.8) is 0 Å². The number of likely N-dealkylation sites (N-methyl/N-ethyl adjacent to an activating group) is 1. The summed E-state index contributed by atoms with van der Waals surface area (Å²) in [5.41, 5.74) is 0.532. The van der Waals surface area contributed by atoms with Gasteiger partial charge in [0.05, 0.1) is 21.7 Å². The van der Waals surface area contributed by atoms with E-state index >= 15 is 0 Å². The number of fused-ring (bicyclic) bond motifs is 1. The van der Waals surface area contributed by atoms with Crippen LogP contribution in [-0.2, 0) is 24.7 Å². The largest absolute Gasteiger partial charge is 0.301 e. The van der Waals surface area contributed by atoms with Gasteiger partial charge in [-0.3, -0.25) is 9.78 Å². The number of nitrogens with zero attached hydrogens (tertiary/aromatic N) is 3. The maximum atomic E-state index is 12.4. The van der Waals surface area contributed by atoms with Crippen LogP contribution in [0.4, 0.5) is 5.13 Å². The summed E-state index contributed by atoms with van der Waals surface area (Å²) in [6, 6.07) is 7.36. The van der Waals surface area contributed by atoms with Gasteiger partial charge in [-0.1, -0.05) is 11.3 Å². The van der Waals surface area contributed by atoms with E-state index < -0.39 is 32.3 Å². The van der Waals surface area contributed by atoms with Crippen molar-refractivity contribution in [1.29, 1.82) is 0 Å². The number of hydrogen-bond acceptors (Lipinski definition) is 8. The number of carbonyl (C=O) groups excluding carboxylic acids is 1. The van der Waals surface area contributed by atoms with E-state index in [0.717, 1.165) is 21.9 Å². The molecule has 1 aromatic carbocycles. The van der Waals surface area contributed by atoms with Gasteiger partial charge >= 0.3 is 0 Å². The zero-order valence-electron chi connectivity index (χ0n) is 14.9. The molecule has 148 valence electrons. The van der Waals surface area contributed by atoms with Crippen molar-refractivity contribution in [1.82, 2.24) is 14.3 Å². The zero-order chi connectivity index (χ0) is 20.5. The fourth-order valence-corrected chi connectivity index (χ4v) is 5.05. The summed E-state index contributed by atoms with van der Waals surface area (Å²) in [4.78, 5) is 20.4. The van der Waals surface area contributed by atoms with Crippen LogP contribution < -0.4 is 5.32 Å². The van der Waals surface area contributed by atoms with Gasteiger partial charge in [-0.25, -0.2) is 21.8 Å². The predicted molar refractivity (Wildman–Crippen MR) is 105 cm³/mol. The molecule has 3 rings (SSSR count). The second-order valence-corrected chi connectivity index (χ2v) is 11.0. The summed E-state index contributed by atoms with van der Waals surface area (Å²) in [5, 5.41) is 2.79. The van der Waals surface area contributed by atoms with Crippen LogP contribution in [0.2, 0.25) is 0 Å². The highest BCUT2D eigenvalue weighted by Gasteiger charge is 2.23. The molecule has 0 spiro atoms. The Morgan fingerprint density at radius 2 is 1.93 bits per heavy atom. The molecule has 2 aromatic heterocycles. The summed E-state index contributed by atoms with van der Waals surface area (Å²) < 4.78 is 49.6. The van der Waals surface area contributed by atoms with Crippen LogP contribution in [0, 0.1) is 0 Å². The number of thiazole rings is 1. The Morgan fingerprint density at radius 1 is 1.18 bits per heavy atom. The average molecular weight is 441 g/mol. The number of carbonyl (C=O) groups is 1. The predicted octanol–water partition coefficient (Wildman–Crippen LogP) is 1.35. The Kier molecular flexibility index (Phi) is 5.48. The van der Waals surface area contributed by atoms with Crippen molar-refractivity contribution < 1.29 is 21.6 Å². The van der Waals surface area contributed by atoms with E-state index in [0.29, 0.717) is 10.2 Å². The lowest BCUT2D eigenvalue weighted by atomic mass is 10.3. The number of hydrogen-bond donors (Lipinski definition) is 1. The fourth-order valence-electron chi connectivity index (χ4n) is 2.31. The van der Waals surface area contributed by atoms with Gasteiger partial charge in [-0.05, 0) is 30.3 Å². The van der Waals surface area contributed by atoms with Gasteiger partial charge in [-0.15, -0.1) is 0 Å². The quantitative estimate of drug-likeness (QED) is 0.613. The lowest BCUT2D eigenvalue weighted by Gasteiger charge is -2.16. The summed E-state index contributed by atoms with van der Waals surface area (Å²) in [6.07, 6.45) is 3.76. The number of benzene rings is 1. The lowest BCUT2D eigenvalue weighted by molar-refractivity contribution is -0.116. The van der Waals surface area contributed by atoms with E-state index in [9.17, 15) is 21.6 Å². The third-order valence-electron chi connectivity index (χ3n) is 3.74. The van der Waals surface area contributed by atoms with Crippen LogP contribution in [0.3, 0.4) is 0 Å². The number of rotatable bonds is 6. The number of amides is 1. The molecule has 28 heavy (non-hydrogen) atoms. The van der Waals surface area contributed by atoms with Crippen molar-refractivity contribution in [3.8, 4) is 0 Å². The second kappa shape index (κ2) is 7.54. The Hall–Kier alpha value is -2.41. The van der Waals surface area contributed by atoms with E-state index in [4.69, 9.17) is 0 Å². The topological polar surface area (TPSA) is 126 Å². The highest BCUT2D eigenvalue weighted by atomic mass is 32.2. The van der Waals surface area contributed by atoms with Gasteiger partial charge in [0.1, 0.15) is 4.90 Å². The summed E-state index contributed by atoms with van der Waals surface area (Å²) in [7, 11) is -5.91. The third kappa shape index (κ3) is 4.35. The second-order valence-electron chi connectivity index (χ2n) is 5.92. The Bertz CT molecular complexity index is 1240. The van der Waals surface area contributed by atoms with Crippen LogP contribution in [0.25, 0.3) is 10.2 Å². The minimum absolute atomic E-state index is 0.0152. The Balaban J connectivity index is 1.74. The molecule has 0 radical (unpaired) electrons. The molecule has 0 saturated carbocycles. The number of nitrogens with one attached hydrogen (secondary N) is 1. The number of anilines is 1. The molecule has 2 heterocycles. The van der Waals surface area contributed by atoms with Gasteiger partial charge in [-0.2, -0.15) is 4.31 Å². The summed E-state index contributed by atoms with van der Waals surface area (Å²) in [6.45, 7) is -0.415. The molecule has 1 N–H and O–H groups in total. The lowest BCUT2D eigenvalue weighted by Crippen LogP contribution is -2.35. The average Bonchev–Trinajstić information content (AvgIpc) is 3.02. The molecule has 3 aromatic rings. The minimum atomic E-state index is -3.85. The molecular formula is C16H16N4O5S3. The van der Waals surface area contributed by atoms with Crippen molar-refractivity contribution in [3.05, 3.63) is 42.7 Å². The maximum absolute atomic E-state index is 12.4. The van der Waals surface area contributed by atoms with Gasteiger partial charge in [0.2, 0.25) is 15.9 Å². The standard InChI is InChI=1S/C16H16N4O5S3/c1-20(28(24,25)12-4-3-7-17-9-12)10-15(21)19-16-18-13-6-5-11(27(2,22)23)8-14(13)26-16/h3-9H,10H2,1-2H3,(H,18,19,21). The molecule has 0 fully saturated rings. The minimum Gasteiger partial charge on any atom is -0.301 e. The SMILES string of the molecule is CN(CC(=O)Nc1nc2ccc(S(C)(=O)=O)cc2s1)S(=O)(=O)c1cccnc1. The van der Waals surface area contributed by atoms with E-state index in [1.807, 2.05) is 0 Å². The Labute approximate surface area is 166 Å². The summed E-state index contributed by atoms with van der Waals surface area (Å²) in [5.74, 6) is -0.572. The first-order valence-corrected chi connectivity index (χ1v) is 12.0. The van der Waals surface area contributed by atoms with Crippen LogP contribution in [0.1, 0.15) is 0 Å². The molecule has 0 bridgehead atoms.